The molecule has 9 nitrogen and oxygen atoms in total. The molecule has 0 fully saturated rings. The van der Waals surface area contributed by atoms with Crippen molar-refractivity contribution >= 4 is 17.8 Å². The van der Waals surface area contributed by atoms with Gasteiger partial charge in [0, 0.05) is 25.3 Å². The van der Waals surface area contributed by atoms with E-state index in [0.717, 1.165) is 0 Å². The summed E-state index contributed by atoms with van der Waals surface area (Å²) in [5.41, 5.74) is -0.937. The first-order valence-corrected chi connectivity index (χ1v) is 7.78. The lowest BCUT2D eigenvalue weighted by molar-refractivity contribution is -0.119. The average molecular weight is 342 g/mol. The molecular formula is C15H26N4O5. The smallest absolute Gasteiger partial charge is 0.405 e. The molecule has 24 heavy (non-hydrogen) atoms. The number of amides is 2. The van der Waals surface area contributed by atoms with Crippen molar-refractivity contribution in [2.24, 2.45) is 0 Å². The fourth-order valence-corrected chi connectivity index (χ4v) is 2.19. The Morgan fingerprint density at radius 3 is 2.67 bits per heavy atom. The lowest BCUT2D eigenvalue weighted by atomic mass is 10.1. The molecule has 2 amide bonds. The number of nitrogens with zero attached hydrogens (tertiary/aromatic N) is 2. The molecular weight excluding hydrogens is 316 g/mol. The number of aromatic nitrogens is 2. The fraction of sp³-hybridized carbons (Fsp3) is 0.667. The van der Waals surface area contributed by atoms with E-state index in [-0.39, 0.29) is 24.9 Å². The predicted octanol–water partition coefficient (Wildman–Crippen LogP) is 1.04. The quantitative estimate of drug-likeness (QED) is 0.531. The molecule has 1 aromatic rings. The molecule has 2 atom stereocenters. The molecule has 0 aliphatic heterocycles. The van der Waals surface area contributed by atoms with E-state index in [2.05, 4.69) is 15.7 Å². The van der Waals surface area contributed by atoms with Gasteiger partial charge in [-0.3, -0.25) is 9.48 Å². The molecule has 0 saturated carbocycles. The molecule has 0 saturated heterocycles. The first kappa shape index (κ1) is 19.9. The van der Waals surface area contributed by atoms with E-state index in [9.17, 15) is 14.7 Å². The van der Waals surface area contributed by atoms with Gasteiger partial charge in [-0.05, 0) is 27.7 Å². The third-order valence-electron chi connectivity index (χ3n) is 3.07. The number of hydrogen-bond donors (Lipinski definition) is 4. The lowest BCUT2D eigenvalue weighted by Crippen LogP contribution is -2.45. The van der Waals surface area contributed by atoms with E-state index in [1.807, 2.05) is 6.92 Å². The monoisotopic (exact) mass is 342 g/mol. The normalized spacial score (nSPS) is 14.0. The molecule has 0 unspecified atom stereocenters. The van der Waals surface area contributed by atoms with Crippen molar-refractivity contribution in [3.63, 3.8) is 0 Å². The number of hydrogen-bond acceptors (Lipinski definition) is 5. The minimum absolute atomic E-state index is 0.205. The maximum absolute atomic E-state index is 12.3. The van der Waals surface area contributed by atoms with Gasteiger partial charge in [-0.15, -0.1) is 0 Å². The van der Waals surface area contributed by atoms with Gasteiger partial charge in [-0.1, -0.05) is 0 Å². The minimum Gasteiger partial charge on any atom is -0.465 e. The van der Waals surface area contributed by atoms with Gasteiger partial charge in [-0.2, -0.15) is 5.10 Å². The Morgan fingerprint density at radius 2 is 2.12 bits per heavy atom. The molecule has 9 heteroatoms. The second-order valence-electron chi connectivity index (χ2n) is 6.20. The van der Waals surface area contributed by atoms with Crippen LogP contribution in [0, 0.1) is 0 Å². The third-order valence-corrected chi connectivity index (χ3v) is 3.07. The molecule has 1 heterocycles. The van der Waals surface area contributed by atoms with Gasteiger partial charge in [-0.25, -0.2) is 4.79 Å². The van der Waals surface area contributed by atoms with Crippen molar-refractivity contribution in [2.45, 2.75) is 58.4 Å². The van der Waals surface area contributed by atoms with Crippen LogP contribution in [-0.2, 0) is 16.1 Å². The number of aliphatic hydroxyl groups is 1. The van der Waals surface area contributed by atoms with E-state index >= 15 is 0 Å². The number of anilines is 1. The minimum atomic E-state index is -1.29. The summed E-state index contributed by atoms with van der Waals surface area (Å²) in [6, 6.07) is 0.622. The summed E-state index contributed by atoms with van der Waals surface area (Å²) in [6.45, 7) is 7.63. The highest BCUT2D eigenvalue weighted by atomic mass is 16.5. The van der Waals surface area contributed by atoms with Crippen LogP contribution in [0.25, 0.3) is 0 Å². The summed E-state index contributed by atoms with van der Waals surface area (Å²) < 4.78 is 6.85. The molecule has 0 aliphatic carbocycles. The van der Waals surface area contributed by atoms with Gasteiger partial charge in [0.2, 0.25) is 5.91 Å². The molecule has 0 aromatic carbocycles. The van der Waals surface area contributed by atoms with Gasteiger partial charge in [0.1, 0.15) is 6.04 Å². The van der Waals surface area contributed by atoms with Gasteiger partial charge < -0.3 is 25.6 Å². The zero-order valence-corrected chi connectivity index (χ0v) is 14.4. The third kappa shape index (κ3) is 7.42. The van der Waals surface area contributed by atoms with Crippen molar-refractivity contribution in [3.05, 3.63) is 12.3 Å². The molecule has 136 valence electrons. The van der Waals surface area contributed by atoms with Gasteiger partial charge in [0.15, 0.2) is 5.82 Å². The summed E-state index contributed by atoms with van der Waals surface area (Å²) in [5.74, 6) is -0.233. The molecule has 0 bridgehead atoms. The van der Waals surface area contributed by atoms with Crippen molar-refractivity contribution < 1.29 is 24.5 Å². The number of ether oxygens (including phenoxy) is 1. The first-order chi connectivity index (χ1) is 11.1. The standard InChI is InChI=1S/C15H26N4O5/c1-5-24-10(2)8-11(16-14(21)22)13(20)17-12-6-7-19(18-12)9-15(3,4)23/h6-7,10-11,16,23H,5,8-9H2,1-4H3,(H,21,22)(H,17,18,20)/t10-,11-/m0/s1. The Balaban J connectivity index is 2.71. The van der Waals surface area contributed by atoms with Gasteiger partial charge in [0.25, 0.3) is 0 Å². The summed E-state index contributed by atoms with van der Waals surface area (Å²) >= 11 is 0. The molecule has 0 spiro atoms. The van der Waals surface area contributed by atoms with Crippen LogP contribution in [0.3, 0.4) is 0 Å². The van der Waals surface area contributed by atoms with Crippen molar-refractivity contribution in [2.75, 3.05) is 11.9 Å². The fourth-order valence-electron chi connectivity index (χ4n) is 2.19. The van der Waals surface area contributed by atoms with Gasteiger partial charge >= 0.3 is 6.09 Å². The van der Waals surface area contributed by atoms with Crippen LogP contribution in [0.15, 0.2) is 12.3 Å². The van der Waals surface area contributed by atoms with Crippen LogP contribution < -0.4 is 10.6 Å². The van der Waals surface area contributed by atoms with Crippen LogP contribution in [-0.4, -0.2) is 56.3 Å². The van der Waals surface area contributed by atoms with Gasteiger partial charge in [0.05, 0.1) is 18.2 Å². The average Bonchev–Trinajstić information content (AvgIpc) is 2.82. The van der Waals surface area contributed by atoms with E-state index < -0.39 is 23.6 Å². The summed E-state index contributed by atoms with van der Waals surface area (Å²) in [6.07, 6.45) is 0.267. The second-order valence-corrected chi connectivity index (χ2v) is 6.20. The van der Waals surface area contributed by atoms with Crippen molar-refractivity contribution in [3.8, 4) is 0 Å². The SMILES string of the molecule is CCO[C@@H](C)C[C@H](NC(=O)O)C(=O)Nc1ccn(CC(C)(C)O)n1. The zero-order chi connectivity index (χ0) is 18.3. The molecule has 0 aliphatic rings. The summed E-state index contributed by atoms with van der Waals surface area (Å²) in [5, 5.41) is 27.5. The lowest BCUT2D eigenvalue weighted by Gasteiger charge is -2.20. The van der Waals surface area contributed by atoms with Crippen LogP contribution in [0.2, 0.25) is 0 Å². The van der Waals surface area contributed by atoms with Crippen LogP contribution in [0.5, 0.6) is 0 Å². The highest BCUT2D eigenvalue weighted by Gasteiger charge is 2.24. The summed E-state index contributed by atoms with van der Waals surface area (Å²) in [7, 11) is 0. The molecule has 1 rings (SSSR count). The van der Waals surface area contributed by atoms with Crippen molar-refractivity contribution in [1.82, 2.24) is 15.1 Å². The Bertz CT molecular complexity index is 552. The molecule has 1 aromatic heterocycles. The number of carbonyl (C=O) groups is 2. The Hall–Kier alpha value is -2.13. The van der Waals surface area contributed by atoms with E-state index in [4.69, 9.17) is 9.84 Å². The van der Waals surface area contributed by atoms with E-state index in [1.165, 1.54) is 4.68 Å². The predicted molar refractivity (Wildman–Crippen MR) is 87.8 cm³/mol. The number of carboxylic acid groups (broad SMARTS) is 1. The Kier molecular flexibility index (Phi) is 7.18. The molecule has 0 radical (unpaired) electrons. The zero-order valence-electron chi connectivity index (χ0n) is 14.4. The number of rotatable bonds is 9. The maximum Gasteiger partial charge on any atom is 0.405 e. The highest BCUT2D eigenvalue weighted by Crippen LogP contribution is 2.10. The largest absolute Gasteiger partial charge is 0.465 e. The first-order valence-electron chi connectivity index (χ1n) is 7.78. The Labute approximate surface area is 141 Å². The summed E-state index contributed by atoms with van der Waals surface area (Å²) in [4.78, 5) is 23.2. The van der Waals surface area contributed by atoms with E-state index in [1.54, 1.807) is 33.0 Å². The topological polar surface area (TPSA) is 126 Å². The van der Waals surface area contributed by atoms with Crippen LogP contribution in [0.4, 0.5) is 10.6 Å². The Morgan fingerprint density at radius 1 is 1.46 bits per heavy atom. The second kappa shape index (κ2) is 8.65. The van der Waals surface area contributed by atoms with Crippen LogP contribution >= 0.6 is 0 Å². The maximum atomic E-state index is 12.3. The number of nitrogens with one attached hydrogen (secondary N) is 2. The number of carbonyl (C=O) groups excluding carboxylic acids is 1. The molecule has 4 N–H and O–H groups in total. The highest BCUT2D eigenvalue weighted by molar-refractivity contribution is 5.95. The van der Waals surface area contributed by atoms with Crippen LogP contribution in [0.1, 0.15) is 34.1 Å². The van der Waals surface area contributed by atoms with E-state index in [0.29, 0.717) is 6.61 Å². The van der Waals surface area contributed by atoms with Crippen molar-refractivity contribution in [1.29, 1.82) is 0 Å².